The number of carbonyl (C=O) groups is 1. The van der Waals surface area contributed by atoms with Crippen molar-refractivity contribution >= 4 is 13.8 Å². The maximum Gasteiger partial charge on any atom is 0.305 e. The van der Waals surface area contributed by atoms with Crippen LogP contribution in [0, 0.1) is 0 Å². The van der Waals surface area contributed by atoms with Gasteiger partial charge in [0.1, 0.15) is 0 Å². The van der Waals surface area contributed by atoms with Gasteiger partial charge < -0.3 is 23.6 Å². The van der Waals surface area contributed by atoms with Crippen molar-refractivity contribution in [1.82, 2.24) is 0 Å². The fourth-order valence-corrected chi connectivity index (χ4v) is 4.16. The minimum Gasteiger partial charge on any atom is -0.790 e. The number of carbonyl (C=O) groups excluding carboxylic acids is 1. The molecule has 7 heteroatoms. The Morgan fingerprint density at radius 3 is 1.41 bits per heavy atom. The van der Waals surface area contributed by atoms with Gasteiger partial charge >= 0.3 is 5.97 Å². The Kier molecular flexibility index (Phi) is 23.4. The highest BCUT2D eigenvalue weighted by atomic mass is 31.2. The highest BCUT2D eigenvalue weighted by Gasteiger charge is 2.02. The van der Waals surface area contributed by atoms with E-state index in [-0.39, 0.29) is 12.6 Å². The molecule has 0 saturated carbocycles. The van der Waals surface area contributed by atoms with Gasteiger partial charge in [0.05, 0.1) is 21.0 Å². The Labute approximate surface area is 197 Å². The number of unbranched alkanes of at least 4 members (excludes halogenated alkanes) is 18. The second-order valence-electron chi connectivity index (χ2n) is 8.97. The molecule has 0 aliphatic rings. The number of phosphoric ester groups is 1. The van der Waals surface area contributed by atoms with E-state index in [4.69, 9.17) is 4.74 Å². The lowest BCUT2D eigenvalue weighted by atomic mass is 10.0. The third kappa shape index (κ3) is 27.6. The summed E-state index contributed by atoms with van der Waals surface area (Å²) in [5.41, 5.74) is 0. The Balaban J connectivity index is 3.19. The lowest BCUT2D eigenvalue weighted by Gasteiger charge is -2.28. The number of esters is 1. The van der Waals surface area contributed by atoms with E-state index in [2.05, 4.69) is 11.4 Å². The van der Waals surface area contributed by atoms with Crippen molar-refractivity contribution in [2.75, 3.05) is 13.2 Å². The van der Waals surface area contributed by atoms with Crippen molar-refractivity contribution in [2.24, 2.45) is 0 Å². The van der Waals surface area contributed by atoms with E-state index < -0.39 is 7.82 Å². The minimum atomic E-state index is -4.80. The van der Waals surface area contributed by atoms with Crippen molar-refractivity contribution in [3.05, 3.63) is 0 Å². The van der Waals surface area contributed by atoms with Crippen molar-refractivity contribution in [2.45, 2.75) is 142 Å². The molecule has 0 aliphatic heterocycles. The molecule has 0 fully saturated rings. The summed E-state index contributed by atoms with van der Waals surface area (Å²) >= 11 is 0. The van der Waals surface area contributed by atoms with Crippen LogP contribution in [0.4, 0.5) is 0 Å². The van der Waals surface area contributed by atoms with Crippen LogP contribution >= 0.6 is 7.82 Å². The Morgan fingerprint density at radius 2 is 0.969 bits per heavy atom. The van der Waals surface area contributed by atoms with Crippen LogP contribution in [-0.4, -0.2) is 19.2 Å². The average Bonchev–Trinajstić information content (AvgIpc) is 2.74. The van der Waals surface area contributed by atoms with E-state index in [1.54, 1.807) is 0 Å². The largest absolute Gasteiger partial charge is 0.790 e. The molecule has 0 aromatic heterocycles. The molecule has 6 nitrogen and oxygen atoms in total. The number of phosphoric acid groups is 1. The van der Waals surface area contributed by atoms with Gasteiger partial charge in [-0.25, -0.2) is 0 Å². The Hall–Kier alpha value is -0.420. The van der Waals surface area contributed by atoms with Gasteiger partial charge in [0, 0.05) is 6.42 Å². The summed E-state index contributed by atoms with van der Waals surface area (Å²) in [5, 5.41) is 0. The maximum atomic E-state index is 11.8. The summed E-state index contributed by atoms with van der Waals surface area (Å²) in [4.78, 5) is 32.4. The first-order valence-corrected chi connectivity index (χ1v) is 14.7. The lowest BCUT2D eigenvalue weighted by Crippen LogP contribution is -2.16. The first kappa shape index (κ1) is 31.6. The van der Waals surface area contributed by atoms with Crippen molar-refractivity contribution < 1.29 is 28.4 Å². The molecule has 0 N–H and O–H groups in total. The van der Waals surface area contributed by atoms with Crippen molar-refractivity contribution in [1.29, 1.82) is 0 Å². The van der Waals surface area contributed by atoms with E-state index >= 15 is 0 Å². The zero-order valence-corrected chi connectivity index (χ0v) is 21.6. The van der Waals surface area contributed by atoms with E-state index in [0.717, 1.165) is 57.8 Å². The molecule has 0 atom stereocenters. The van der Waals surface area contributed by atoms with Gasteiger partial charge in [-0.15, -0.1) is 0 Å². The Morgan fingerprint density at radius 1 is 0.594 bits per heavy atom. The predicted octanol–water partition coefficient (Wildman–Crippen LogP) is 6.59. The summed E-state index contributed by atoms with van der Waals surface area (Å²) < 4.78 is 19.8. The second kappa shape index (κ2) is 23.7. The minimum absolute atomic E-state index is 0.00506. The standard InChI is InChI=1S/C25H51O6P/c1-2-3-4-5-6-7-8-9-10-13-16-19-22-25(26)30-23-20-17-14-11-12-15-18-21-24-31-32(27,28)29/h2-24H2,1H3,(H2,27,28,29)/p-2. The molecule has 0 aliphatic carbocycles. The topological polar surface area (TPSA) is 98.7 Å². The molecular weight excluding hydrogens is 427 g/mol. The first-order chi connectivity index (χ1) is 15.5. The van der Waals surface area contributed by atoms with Crippen molar-refractivity contribution in [3.63, 3.8) is 0 Å². The molecule has 0 heterocycles. The van der Waals surface area contributed by atoms with E-state index in [9.17, 15) is 19.1 Å². The Bertz CT molecular complexity index is 452. The molecule has 0 saturated heterocycles. The van der Waals surface area contributed by atoms with Gasteiger partial charge in [0.15, 0.2) is 0 Å². The second-order valence-corrected chi connectivity index (χ2v) is 10.1. The fourth-order valence-electron chi connectivity index (χ4n) is 3.81. The van der Waals surface area contributed by atoms with E-state index in [1.165, 1.54) is 64.2 Å². The summed E-state index contributed by atoms with van der Waals surface area (Å²) in [6.07, 6.45) is 23.9. The molecule has 0 unspecified atom stereocenters. The smallest absolute Gasteiger partial charge is 0.305 e. The molecule has 0 aromatic carbocycles. The number of ether oxygens (including phenoxy) is 1. The SMILES string of the molecule is CCCCCCCCCCCCCCC(=O)OCCCCCCCCCCOP(=O)([O-])[O-]. The van der Waals surface area contributed by atoms with Crippen LogP contribution in [0.5, 0.6) is 0 Å². The summed E-state index contributed by atoms with van der Waals surface area (Å²) in [6.45, 7) is 2.78. The summed E-state index contributed by atoms with van der Waals surface area (Å²) in [6, 6.07) is 0. The molecule has 192 valence electrons. The van der Waals surface area contributed by atoms with Crippen molar-refractivity contribution in [3.8, 4) is 0 Å². The third-order valence-corrected chi connectivity index (χ3v) is 6.28. The number of rotatable bonds is 25. The maximum absolute atomic E-state index is 11.8. The molecule has 0 radical (unpaired) electrons. The van der Waals surface area contributed by atoms with Crippen LogP contribution in [0.25, 0.3) is 0 Å². The summed E-state index contributed by atoms with van der Waals surface area (Å²) in [7, 11) is -4.80. The van der Waals surface area contributed by atoms with Gasteiger partial charge in [-0.3, -0.25) is 4.79 Å². The highest BCUT2D eigenvalue weighted by molar-refractivity contribution is 7.43. The lowest BCUT2D eigenvalue weighted by molar-refractivity contribution is -0.341. The third-order valence-electron chi connectivity index (χ3n) is 5.79. The molecule has 32 heavy (non-hydrogen) atoms. The van der Waals surface area contributed by atoms with Gasteiger partial charge in [-0.05, 0) is 19.3 Å². The van der Waals surface area contributed by atoms with Gasteiger partial charge in [0.25, 0.3) is 0 Å². The predicted molar refractivity (Wildman–Crippen MR) is 127 cm³/mol. The van der Waals surface area contributed by atoms with Crippen LogP contribution in [0.15, 0.2) is 0 Å². The molecular formula is C25H49O6P-2. The van der Waals surface area contributed by atoms with Crippen LogP contribution < -0.4 is 9.79 Å². The highest BCUT2D eigenvalue weighted by Crippen LogP contribution is 2.24. The van der Waals surface area contributed by atoms with Crippen LogP contribution in [0.3, 0.4) is 0 Å². The first-order valence-electron chi connectivity index (χ1n) is 13.3. The molecule has 0 rings (SSSR count). The van der Waals surface area contributed by atoms with Crippen LogP contribution in [-0.2, 0) is 18.6 Å². The number of hydrogen-bond donors (Lipinski definition) is 0. The van der Waals surface area contributed by atoms with Crippen LogP contribution in [0.1, 0.15) is 142 Å². The quantitative estimate of drug-likeness (QED) is 0.0837. The van der Waals surface area contributed by atoms with Gasteiger partial charge in [0.2, 0.25) is 0 Å². The summed E-state index contributed by atoms with van der Waals surface area (Å²) in [5.74, 6) is -0.0556. The van der Waals surface area contributed by atoms with E-state index in [1.807, 2.05) is 0 Å². The molecule has 0 spiro atoms. The fraction of sp³-hybridized carbons (Fsp3) is 0.960. The van der Waals surface area contributed by atoms with Crippen LogP contribution in [0.2, 0.25) is 0 Å². The van der Waals surface area contributed by atoms with E-state index in [0.29, 0.717) is 19.4 Å². The number of hydrogen-bond acceptors (Lipinski definition) is 6. The zero-order chi connectivity index (χ0) is 23.8. The zero-order valence-electron chi connectivity index (χ0n) is 20.7. The normalized spacial score (nSPS) is 11.7. The van der Waals surface area contributed by atoms with Gasteiger partial charge in [-0.1, -0.05) is 116 Å². The molecule has 0 aromatic rings. The average molecular weight is 477 g/mol. The monoisotopic (exact) mass is 476 g/mol. The van der Waals surface area contributed by atoms with Gasteiger partial charge in [-0.2, -0.15) is 0 Å². The molecule has 0 amide bonds. The molecule has 0 bridgehead atoms.